The van der Waals surface area contributed by atoms with E-state index in [9.17, 15) is 14.4 Å². The third-order valence-corrected chi connectivity index (χ3v) is 6.22. The standard InChI is InChI=1S/C25H30BrN3O4/c1-16(2)27-24(31)22(28-23(30)18-7-9-21(33-3)10-8-18)17-11-13-29(14-12-17)25(32)19-5-4-6-20(26)15-19/h4-10,15-17,22H,11-14H2,1-3H3,(H,27,31)(H,28,30)/t22-/m0/s1. The molecule has 2 aromatic rings. The fraction of sp³-hybridized carbons (Fsp3) is 0.400. The normalized spacial score (nSPS) is 15.1. The van der Waals surface area contributed by atoms with Gasteiger partial charge in [-0.15, -0.1) is 0 Å². The monoisotopic (exact) mass is 515 g/mol. The minimum atomic E-state index is -0.676. The smallest absolute Gasteiger partial charge is 0.253 e. The van der Waals surface area contributed by atoms with Crippen LogP contribution in [0, 0.1) is 5.92 Å². The Labute approximate surface area is 203 Å². The molecule has 1 aliphatic rings. The van der Waals surface area contributed by atoms with E-state index in [1.165, 1.54) is 0 Å². The Morgan fingerprint density at radius 1 is 1.00 bits per heavy atom. The van der Waals surface area contributed by atoms with Gasteiger partial charge in [-0.1, -0.05) is 22.0 Å². The van der Waals surface area contributed by atoms with Crippen molar-refractivity contribution >= 4 is 33.7 Å². The zero-order valence-electron chi connectivity index (χ0n) is 19.1. The molecule has 176 valence electrons. The summed E-state index contributed by atoms with van der Waals surface area (Å²) in [5, 5.41) is 5.85. The van der Waals surface area contributed by atoms with E-state index in [0.29, 0.717) is 42.8 Å². The second-order valence-electron chi connectivity index (χ2n) is 8.48. The topological polar surface area (TPSA) is 87.7 Å². The zero-order chi connectivity index (χ0) is 24.0. The maximum absolute atomic E-state index is 13.0. The van der Waals surface area contributed by atoms with Gasteiger partial charge in [0.1, 0.15) is 11.8 Å². The first-order valence-electron chi connectivity index (χ1n) is 11.1. The third kappa shape index (κ3) is 6.57. The molecule has 0 saturated carbocycles. The number of carbonyl (C=O) groups is 3. The number of hydrogen-bond donors (Lipinski definition) is 2. The lowest BCUT2D eigenvalue weighted by Crippen LogP contribution is -2.54. The summed E-state index contributed by atoms with van der Waals surface area (Å²) in [6.07, 6.45) is 1.25. The molecule has 1 atom stereocenters. The van der Waals surface area contributed by atoms with E-state index in [-0.39, 0.29) is 29.7 Å². The molecular weight excluding hydrogens is 486 g/mol. The number of benzene rings is 2. The maximum Gasteiger partial charge on any atom is 0.253 e. The van der Waals surface area contributed by atoms with Crippen molar-refractivity contribution < 1.29 is 19.1 Å². The molecule has 1 saturated heterocycles. The van der Waals surface area contributed by atoms with Crippen LogP contribution in [-0.2, 0) is 4.79 Å². The van der Waals surface area contributed by atoms with Crippen LogP contribution < -0.4 is 15.4 Å². The summed E-state index contributed by atoms with van der Waals surface area (Å²) in [4.78, 5) is 40.5. The minimum Gasteiger partial charge on any atom is -0.497 e. The summed E-state index contributed by atoms with van der Waals surface area (Å²) in [7, 11) is 1.56. The van der Waals surface area contributed by atoms with Gasteiger partial charge in [-0.05, 0) is 75.1 Å². The Bertz CT molecular complexity index is 985. The highest BCUT2D eigenvalue weighted by atomic mass is 79.9. The lowest BCUT2D eigenvalue weighted by molar-refractivity contribution is -0.125. The maximum atomic E-state index is 13.0. The molecule has 3 rings (SSSR count). The van der Waals surface area contributed by atoms with Crippen LogP contribution in [0.25, 0.3) is 0 Å². The highest BCUT2D eigenvalue weighted by Crippen LogP contribution is 2.24. The number of hydrogen-bond acceptors (Lipinski definition) is 4. The van der Waals surface area contributed by atoms with Gasteiger partial charge in [0.15, 0.2) is 0 Å². The second kappa shape index (κ2) is 11.3. The largest absolute Gasteiger partial charge is 0.497 e. The molecule has 3 amide bonds. The molecule has 8 heteroatoms. The average molecular weight is 516 g/mol. The average Bonchev–Trinajstić information content (AvgIpc) is 2.81. The number of methoxy groups -OCH3 is 1. The van der Waals surface area contributed by atoms with Gasteiger partial charge in [0, 0.05) is 34.7 Å². The number of likely N-dealkylation sites (tertiary alicyclic amines) is 1. The van der Waals surface area contributed by atoms with Crippen LogP contribution in [0.2, 0.25) is 0 Å². The highest BCUT2D eigenvalue weighted by Gasteiger charge is 2.34. The van der Waals surface area contributed by atoms with Crippen molar-refractivity contribution in [3.8, 4) is 5.75 Å². The summed E-state index contributed by atoms with van der Waals surface area (Å²) in [5.41, 5.74) is 1.09. The van der Waals surface area contributed by atoms with E-state index in [4.69, 9.17) is 4.74 Å². The molecule has 1 fully saturated rings. The molecular formula is C25H30BrN3O4. The molecule has 2 N–H and O–H groups in total. The Hall–Kier alpha value is -2.87. The predicted octanol–water partition coefficient (Wildman–Crippen LogP) is 3.63. The Kier molecular flexibility index (Phi) is 8.49. The van der Waals surface area contributed by atoms with Gasteiger partial charge < -0.3 is 20.3 Å². The zero-order valence-corrected chi connectivity index (χ0v) is 20.7. The van der Waals surface area contributed by atoms with E-state index in [0.717, 1.165) is 4.47 Å². The Morgan fingerprint density at radius 2 is 1.67 bits per heavy atom. The molecule has 0 aliphatic carbocycles. The fourth-order valence-electron chi connectivity index (χ4n) is 3.98. The van der Waals surface area contributed by atoms with Crippen molar-refractivity contribution in [1.29, 1.82) is 0 Å². The van der Waals surface area contributed by atoms with Gasteiger partial charge in [-0.2, -0.15) is 0 Å². The third-order valence-electron chi connectivity index (χ3n) is 5.72. The summed E-state index contributed by atoms with van der Waals surface area (Å²) in [6.45, 7) is 4.83. The van der Waals surface area contributed by atoms with Gasteiger partial charge >= 0.3 is 0 Å². The first kappa shape index (κ1) is 24.8. The summed E-state index contributed by atoms with van der Waals surface area (Å²) >= 11 is 3.41. The van der Waals surface area contributed by atoms with Gasteiger partial charge in [-0.3, -0.25) is 14.4 Å². The van der Waals surface area contributed by atoms with E-state index >= 15 is 0 Å². The molecule has 0 radical (unpaired) electrons. The van der Waals surface area contributed by atoms with E-state index < -0.39 is 6.04 Å². The summed E-state index contributed by atoms with van der Waals surface area (Å²) < 4.78 is 6.00. The number of piperidine rings is 1. The van der Waals surface area contributed by atoms with Crippen LogP contribution in [0.4, 0.5) is 0 Å². The first-order valence-corrected chi connectivity index (χ1v) is 11.9. The molecule has 0 bridgehead atoms. The highest BCUT2D eigenvalue weighted by molar-refractivity contribution is 9.10. The number of ether oxygens (including phenoxy) is 1. The number of nitrogens with zero attached hydrogens (tertiary/aromatic N) is 1. The van der Waals surface area contributed by atoms with E-state index in [2.05, 4.69) is 26.6 Å². The SMILES string of the molecule is COc1ccc(C(=O)N[C@H](C(=O)NC(C)C)C2CCN(C(=O)c3cccc(Br)c3)CC2)cc1. The number of rotatable bonds is 7. The Morgan fingerprint density at radius 3 is 2.24 bits per heavy atom. The van der Waals surface area contributed by atoms with Crippen molar-refractivity contribution in [3.05, 3.63) is 64.1 Å². The molecule has 2 aromatic carbocycles. The quantitative estimate of drug-likeness (QED) is 0.589. The number of amides is 3. The van der Waals surface area contributed by atoms with Crippen molar-refractivity contribution in [1.82, 2.24) is 15.5 Å². The van der Waals surface area contributed by atoms with Gasteiger partial charge in [0.05, 0.1) is 7.11 Å². The molecule has 0 unspecified atom stereocenters. The van der Waals surface area contributed by atoms with Crippen LogP contribution in [0.15, 0.2) is 53.0 Å². The lowest BCUT2D eigenvalue weighted by atomic mass is 9.88. The molecule has 1 heterocycles. The first-order chi connectivity index (χ1) is 15.8. The summed E-state index contributed by atoms with van der Waals surface area (Å²) in [6, 6.07) is 13.4. The molecule has 7 nitrogen and oxygen atoms in total. The molecule has 1 aliphatic heterocycles. The molecule has 33 heavy (non-hydrogen) atoms. The van der Waals surface area contributed by atoms with Crippen LogP contribution in [0.1, 0.15) is 47.4 Å². The van der Waals surface area contributed by atoms with Crippen molar-refractivity contribution in [2.75, 3.05) is 20.2 Å². The number of nitrogens with one attached hydrogen (secondary N) is 2. The van der Waals surface area contributed by atoms with Crippen LogP contribution in [0.5, 0.6) is 5.75 Å². The Balaban J connectivity index is 1.69. The van der Waals surface area contributed by atoms with Gasteiger partial charge in [0.2, 0.25) is 5.91 Å². The lowest BCUT2D eigenvalue weighted by Gasteiger charge is -2.36. The van der Waals surface area contributed by atoms with Crippen molar-refractivity contribution in [3.63, 3.8) is 0 Å². The van der Waals surface area contributed by atoms with Gasteiger partial charge in [-0.25, -0.2) is 0 Å². The predicted molar refractivity (Wildman–Crippen MR) is 130 cm³/mol. The van der Waals surface area contributed by atoms with Crippen molar-refractivity contribution in [2.45, 2.75) is 38.8 Å². The van der Waals surface area contributed by atoms with Crippen LogP contribution in [-0.4, -0.2) is 54.9 Å². The van der Waals surface area contributed by atoms with Gasteiger partial charge in [0.25, 0.3) is 11.8 Å². The molecule has 0 spiro atoms. The number of halogens is 1. The van der Waals surface area contributed by atoms with Crippen LogP contribution >= 0.6 is 15.9 Å². The molecule has 0 aromatic heterocycles. The fourth-order valence-corrected chi connectivity index (χ4v) is 4.38. The number of carbonyl (C=O) groups excluding carboxylic acids is 3. The van der Waals surface area contributed by atoms with E-state index in [1.54, 1.807) is 42.3 Å². The second-order valence-corrected chi connectivity index (χ2v) is 9.40. The minimum absolute atomic E-state index is 0.0276. The van der Waals surface area contributed by atoms with Crippen molar-refractivity contribution in [2.24, 2.45) is 5.92 Å². The van der Waals surface area contributed by atoms with Crippen LogP contribution in [0.3, 0.4) is 0 Å². The van der Waals surface area contributed by atoms with E-state index in [1.807, 2.05) is 32.0 Å². The summed E-state index contributed by atoms with van der Waals surface area (Å²) in [5.74, 6) is 0.0404.